The van der Waals surface area contributed by atoms with Crippen LogP contribution in [0.25, 0.3) is 11.1 Å². The number of amides is 2. The quantitative estimate of drug-likeness (QED) is 0.162. The lowest BCUT2D eigenvalue weighted by Crippen LogP contribution is -2.39. The van der Waals surface area contributed by atoms with Gasteiger partial charge in [0.1, 0.15) is 5.71 Å². The largest absolute Gasteiger partial charge is 0.481 e. The first-order valence-electron chi connectivity index (χ1n) is 19.6. The SMILES string of the molecule is CC(=NC1=C(C)CCNC1)C(=O)Nc1cccc(-c2cccc(NC(=O)c3nc4c(n3C)CCN(CC35CCC(C(=O)O)(CC3)C5)C4)c2Cl)c1C.CC(C)C. The van der Waals surface area contributed by atoms with Gasteiger partial charge in [-0.25, -0.2) is 4.98 Å². The first-order valence-corrected chi connectivity index (χ1v) is 20.0. The summed E-state index contributed by atoms with van der Waals surface area (Å²) in [4.78, 5) is 50.6. The number of halogens is 1. The Balaban J connectivity index is 0.00000123. The fourth-order valence-electron chi connectivity index (χ4n) is 8.68. The monoisotopic (exact) mass is 769 g/mol. The molecule has 0 radical (unpaired) electrons. The number of aliphatic carboxylic acids is 1. The Labute approximate surface area is 330 Å². The molecule has 2 aliphatic carbocycles. The molecule has 11 nitrogen and oxygen atoms in total. The summed E-state index contributed by atoms with van der Waals surface area (Å²) >= 11 is 6.98. The number of fused-ring (bicyclic) bond motifs is 3. The van der Waals surface area contributed by atoms with E-state index in [1.54, 1.807) is 13.0 Å². The molecule has 2 amide bonds. The molecule has 0 unspecified atom stereocenters. The highest BCUT2D eigenvalue weighted by atomic mass is 35.5. The van der Waals surface area contributed by atoms with E-state index in [-0.39, 0.29) is 17.2 Å². The van der Waals surface area contributed by atoms with Crippen molar-refractivity contribution in [1.82, 2.24) is 19.8 Å². The third-order valence-corrected chi connectivity index (χ3v) is 12.2. The van der Waals surface area contributed by atoms with Crippen LogP contribution in [-0.2, 0) is 29.6 Å². The van der Waals surface area contributed by atoms with Crippen molar-refractivity contribution in [2.24, 2.45) is 28.8 Å². The maximum atomic E-state index is 13.7. The predicted octanol–water partition coefficient (Wildman–Crippen LogP) is 8.02. The zero-order valence-electron chi connectivity index (χ0n) is 33.4. The lowest BCUT2D eigenvalue weighted by molar-refractivity contribution is -0.148. The number of imidazole rings is 1. The average molecular weight is 770 g/mol. The normalized spacial score (nSPS) is 22.3. The van der Waals surface area contributed by atoms with Gasteiger partial charge in [0, 0.05) is 56.6 Å². The number of rotatable bonds is 9. The van der Waals surface area contributed by atoms with Crippen molar-refractivity contribution in [1.29, 1.82) is 0 Å². The van der Waals surface area contributed by atoms with E-state index < -0.39 is 11.4 Å². The number of carbonyl (C=O) groups excluding carboxylic acids is 2. The Morgan fingerprint density at radius 2 is 1.67 bits per heavy atom. The van der Waals surface area contributed by atoms with Crippen LogP contribution in [0, 0.1) is 23.7 Å². The van der Waals surface area contributed by atoms with E-state index in [1.165, 1.54) is 5.57 Å². The van der Waals surface area contributed by atoms with Crippen molar-refractivity contribution in [2.45, 2.75) is 93.0 Å². The molecule has 2 fully saturated rings. The van der Waals surface area contributed by atoms with Gasteiger partial charge in [-0.3, -0.25) is 24.3 Å². The molecule has 55 heavy (non-hydrogen) atoms. The molecule has 2 bridgehead atoms. The number of carboxylic acids is 1. The highest BCUT2D eigenvalue weighted by molar-refractivity contribution is 6.42. The first-order chi connectivity index (χ1) is 26.1. The van der Waals surface area contributed by atoms with E-state index >= 15 is 0 Å². The molecule has 2 saturated carbocycles. The van der Waals surface area contributed by atoms with Crippen molar-refractivity contribution in [3.63, 3.8) is 0 Å². The Hall–Kier alpha value is -4.32. The molecule has 2 aromatic carbocycles. The maximum absolute atomic E-state index is 13.7. The minimum atomic E-state index is -0.640. The molecular formula is C43H56ClN7O4. The number of hydrogen-bond acceptors (Lipinski definition) is 7. The van der Waals surface area contributed by atoms with Gasteiger partial charge in [0.2, 0.25) is 0 Å². The molecule has 2 aliphatic heterocycles. The summed E-state index contributed by atoms with van der Waals surface area (Å²) in [7, 11) is 1.88. The number of hydrogen-bond donors (Lipinski definition) is 4. The van der Waals surface area contributed by atoms with E-state index in [2.05, 4.69) is 53.5 Å². The van der Waals surface area contributed by atoms with E-state index in [4.69, 9.17) is 16.6 Å². The Bertz CT molecular complexity index is 2040. The van der Waals surface area contributed by atoms with Crippen LogP contribution in [0.5, 0.6) is 0 Å². The number of aliphatic imine (C=N–C) groups is 1. The molecule has 0 spiro atoms. The summed E-state index contributed by atoms with van der Waals surface area (Å²) in [5, 5.41) is 19.5. The van der Waals surface area contributed by atoms with Gasteiger partial charge in [0.25, 0.3) is 11.8 Å². The van der Waals surface area contributed by atoms with Gasteiger partial charge >= 0.3 is 5.97 Å². The van der Waals surface area contributed by atoms with Gasteiger partial charge in [0.15, 0.2) is 5.82 Å². The van der Waals surface area contributed by atoms with Crippen LogP contribution in [0.1, 0.15) is 101 Å². The van der Waals surface area contributed by atoms with E-state index in [0.717, 1.165) is 104 Å². The summed E-state index contributed by atoms with van der Waals surface area (Å²) in [5.74, 6) is -0.106. The van der Waals surface area contributed by atoms with Crippen molar-refractivity contribution < 1.29 is 19.5 Å². The van der Waals surface area contributed by atoms with Gasteiger partial charge in [-0.2, -0.15) is 0 Å². The smallest absolute Gasteiger partial charge is 0.309 e. The Morgan fingerprint density at radius 1 is 1.00 bits per heavy atom. The fraction of sp³-hybridized carbons (Fsp3) is 0.512. The molecule has 294 valence electrons. The third kappa shape index (κ3) is 8.59. The van der Waals surface area contributed by atoms with Crippen LogP contribution in [0.3, 0.4) is 0 Å². The highest BCUT2D eigenvalue weighted by Gasteiger charge is 2.58. The second kappa shape index (κ2) is 16.4. The second-order valence-electron chi connectivity index (χ2n) is 16.7. The van der Waals surface area contributed by atoms with Crippen LogP contribution in [0.2, 0.25) is 5.02 Å². The van der Waals surface area contributed by atoms with Crippen LogP contribution in [0.15, 0.2) is 52.7 Å². The van der Waals surface area contributed by atoms with Gasteiger partial charge in [-0.15, -0.1) is 0 Å². The van der Waals surface area contributed by atoms with Gasteiger partial charge in [-0.1, -0.05) is 56.6 Å². The Kier molecular flexibility index (Phi) is 12.0. The minimum absolute atomic E-state index is 0.0625. The zero-order chi connectivity index (χ0) is 39.7. The predicted molar refractivity (Wildman–Crippen MR) is 220 cm³/mol. The van der Waals surface area contributed by atoms with Crippen molar-refractivity contribution in [2.75, 3.05) is 36.8 Å². The molecule has 0 atom stereocenters. The molecule has 4 aliphatic rings. The van der Waals surface area contributed by atoms with Crippen molar-refractivity contribution in [3.05, 3.63) is 75.5 Å². The molecule has 4 N–H and O–H groups in total. The standard InChI is InChI=1S/C39H46ClN7O4.C4H10/c1-23-11-17-41-19-30(23)42-25(3)35(48)44-28-9-5-7-26(24(28)2)27-8-6-10-29(33(27)40)45-36(49)34-43-31-20-47(18-12-32(31)46(34)4)22-38-13-15-39(21-38,16-14-38)37(50)51;1-4(2)3/h5-10,41H,11-22H2,1-4H3,(H,44,48)(H,45,49)(H,50,51);4H,1-3H3. The lowest BCUT2D eigenvalue weighted by atomic mass is 9.81. The molecular weight excluding hydrogens is 714 g/mol. The number of benzene rings is 2. The lowest BCUT2D eigenvalue weighted by Gasteiger charge is -2.35. The Morgan fingerprint density at radius 3 is 2.33 bits per heavy atom. The second-order valence-corrected chi connectivity index (χ2v) is 17.1. The summed E-state index contributed by atoms with van der Waals surface area (Å²) in [6, 6.07) is 11.2. The maximum Gasteiger partial charge on any atom is 0.309 e. The average Bonchev–Trinajstić information content (AvgIpc) is 3.81. The van der Waals surface area contributed by atoms with Crippen molar-refractivity contribution in [3.8, 4) is 11.1 Å². The number of carbonyl (C=O) groups is 3. The van der Waals surface area contributed by atoms with E-state index in [9.17, 15) is 19.5 Å². The minimum Gasteiger partial charge on any atom is -0.481 e. The van der Waals surface area contributed by atoms with E-state index in [0.29, 0.717) is 41.0 Å². The van der Waals surface area contributed by atoms with E-state index in [1.807, 2.05) is 48.9 Å². The molecule has 1 aromatic heterocycles. The van der Waals surface area contributed by atoms with Crippen LogP contribution >= 0.6 is 11.6 Å². The van der Waals surface area contributed by atoms with Gasteiger partial charge in [0.05, 0.1) is 27.5 Å². The number of carboxylic acid groups (broad SMARTS) is 1. The molecule has 0 saturated heterocycles. The van der Waals surface area contributed by atoms with Crippen LogP contribution in [-0.4, -0.2) is 69.2 Å². The number of aromatic nitrogens is 2. The number of anilines is 2. The van der Waals surface area contributed by atoms with Gasteiger partial charge in [-0.05, 0) is 106 Å². The van der Waals surface area contributed by atoms with Gasteiger partial charge < -0.3 is 25.6 Å². The highest BCUT2D eigenvalue weighted by Crippen LogP contribution is 2.62. The fourth-order valence-corrected chi connectivity index (χ4v) is 8.96. The topological polar surface area (TPSA) is 141 Å². The summed E-state index contributed by atoms with van der Waals surface area (Å²) in [6.45, 7) is 16.1. The first kappa shape index (κ1) is 40.3. The van der Waals surface area contributed by atoms with Crippen LogP contribution < -0.4 is 16.0 Å². The number of nitrogens with one attached hydrogen (secondary N) is 3. The number of nitrogens with zero attached hydrogens (tertiary/aromatic N) is 4. The molecule has 3 heterocycles. The molecule has 7 rings (SSSR count). The summed E-state index contributed by atoms with van der Waals surface area (Å²) in [5.41, 5.74) is 7.45. The molecule has 3 aromatic rings. The zero-order valence-corrected chi connectivity index (χ0v) is 34.1. The summed E-state index contributed by atoms with van der Waals surface area (Å²) in [6.07, 6.45) is 5.91. The molecule has 12 heteroatoms. The third-order valence-electron chi connectivity index (χ3n) is 11.7. The summed E-state index contributed by atoms with van der Waals surface area (Å²) < 4.78 is 1.88. The van der Waals surface area contributed by atoms with Crippen molar-refractivity contribution >= 4 is 46.5 Å². The van der Waals surface area contributed by atoms with Crippen LogP contribution in [0.4, 0.5) is 11.4 Å².